The van der Waals surface area contributed by atoms with Crippen LogP contribution in [0.5, 0.6) is 0 Å². The SMILES string of the molecule is Cc1ccccc1NCCSc1ccc(Br)cn1. The maximum absolute atomic E-state index is 4.33. The van der Waals surface area contributed by atoms with Crippen LogP contribution in [-0.4, -0.2) is 17.3 Å². The number of nitrogens with one attached hydrogen (secondary N) is 1. The summed E-state index contributed by atoms with van der Waals surface area (Å²) in [4.78, 5) is 4.33. The molecule has 0 atom stereocenters. The van der Waals surface area contributed by atoms with Crippen molar-refractivity contribution in [2.45, 2.75) is 11.9 Å². The first-order valence-corrected chi connectivity index (χ1v) is 7.57. The fourth-order valence-corrected chi connectivity index (χ4v) is 2.50. The van der Waals surface area contributed by atoms with E-state index >= 15 is 0 Å². The Kier molecular flexibility index (Phi) is 5.08. The molecule has 1 heterocycles. The third-order valence-electron chi connectivity index (χ3n) is 2.51. The molecule has 1 aromatic carbocycles. The molecule has 2 nitrogen and oxygen atoms in total. The molecule has 0 aliphatic carbocycles. The minimum Gasteiger partial charge on any atom is -0.384 e. The van der Waals surface area contributed by atoms with Crippen LogP contribution in [0, 0.1) is 6.92 Å². The van der Waals surface area contributed by atoms with Crippen LogP contribution in [0.2, 0.25) is 0 Å². The Morgan fingerprint density at radius 3 is 2.78 bits per heavy atom. The molecule has 0 saturated heterocycles. The fourth-order valence-electron chi connectivity index (χ4n) is 1.56. The number of pyridine rings is 1. The summed E-state index contributed by atoms with van der Waals surface area (Å²) >= 11 is 5.14. The second kappa shape index (κ2) is 6.81. The second-order valence-corrected chi connectivity index (χ2v) is 5.94. The average molecular weight is 323 g/mol. The molecule has 1 aromatic heterocycles. The Bertz CT molecular complexity index is 499. The largest absolute Gasteiger partial charge is 0.384 e. The van der Waals surface area contributed by atoms with E-state index in [0.717, 1.165) is 21.8 Å². The van der Waals surface area contributed by atoms with Gasteiger partial charge in [-0.05, 0) is 46.6 Å². The first-order valence-electron chi connectivity index (χ1n) is 5.79. The first-order chi connectivity index (χ1) is 8.75. The molecule has 0 fully saturated rings. The summed E-state index contributed by atoms with van der Waals surface area (Å²) in [5.41, 5.74) is 2.49. The van der Waals surface area contributed by atoms with E-state index in [2.05, 4.69) is 57.4 Å². The maximum atomic E-state index is 4.33. The van der Waals surface area contributed by atoms with Crippen LogP contribution in [0.25, 0.3) is 0 Å². The van der Waals surface area contributed by atoms with E-state index in [0.29, 0.717) is 0 Å². The van der Waals surface area contributed by atoms with E-state index in [-0.39, 0.29) is 0 Å². The van der Waals surface area contributed by atoms with Crippen molar-refractivity contribution in [3.05, 3.63) is 52.6 Å². The third kappa shape index (κ3) is 4.03. The normalized spacial score (nSPS) is 10.3. The minimum absolute atomic E-state index is 0.938. The van der Waals surface area contributed by atoms with Gasteiger partial charge in [-0.1, -0.05) is 18.2 Å². The van der Waals surface area contributed by atoms with E-state index in [1.807, 2.05) is 18.3 Å². The van der Waals surface area contributed by atoms with Crippen molar-refractivity contribution in [3.63, 3.8) is 0 Å². The van der Waals surface area contributed by atoms with Crippen LogP contribution in [0.3, 0.4) is 0 Å². The van der Waals surface area contributed by atoms with Gasteiger partial charge in [0.15, 0.2) is 0 Å². The number of aryl methyl sites for hydroxylation is 1. The summed E-state index contributed by atoms with van der Waals surface area (Å²) < 4.78 is 1.02. The molecule has 0 bridgehead atoms. The number of nitrogens with zero attached hydrogens (tertiary/aromatic N) is 1. The number of anilines is 1. The van der Waals surface area contributed by atoms with Gasteiger partial charge in [0.25, 0.3) is 0 Å². The molecule has 1 N–H and O–H groups in total. The van der Waals surface area contributed by atoms with Crippen LogP contribution in [-0.2, 0) is 0 Å². The van der Waals surface area contributed by atoms with Crippen molar-refractivity contribution >= 4 is 33.4 Å². The van der Waals surface area contributed by atoms with E-state index in [4.69, 9.17) is 0 Å². The molecule has 0 aliphatic heterocycles. The van der Waals surface area contributed by atoms with Crippen LogP contribution in [0.1, 0.15) is 5.56 Å². The van der Waals surface area contributed by atoms with Crippen molar-refractivity contribution in [2.24, 2.45) is 0 Å². The van der Waals surface area contributed by atoms with E-state index < -0.39 is 0 Å². The highest BCUT2D eigenvalue weighted by molar-refractivity contribution is 9.10. The van der Waals surface area contributed by atoms with Crippen LogP contribution < -0.4 is 5.32 Å². The molecule has 2 aromatic rings. The molecule has 0 saturated carbocycles. The van der Waals surface area contributed by atoms with Crippen LogP contribution in [0.4, 0.5) is 5.69 Å². The zero-order chi connectivity index (χ0) is 12.8. The number of para-hydroxylation sites is 1. The van der Waals surface area contributed by atoms with Gasteiger partial charge in [0.2, 0.25) is 0 Å². The van der Waals surface area contributed by atoms with Gasteiger partial charge < -0.3 is 5.32 Å². The number of halogens is 1. The molecule has 0 aliphatic rings. The maximum Gasteiger partial charge on any atom is 0.0961 e. The summed E-state index contributed by atoms with van der Waals surface area (Å²) in [6, 6.07) is 12.4. The highest BCUT2D eigenvalue weighted by Crippen LogP contribution is 2.18. The van der Waals surface area contributed by atoms with E-state index in [1.54, 1.807) is 11.8 Å². The predicted molar refractivity (Wildman–Crippen MR) is 82.3 cm³/mol. The van der Waals surface area contributed by atoms with Crippen molar-refractivity contribution in [3.8, 4) is 0 Å². The van der Waals surface area contributed by atoms with Gasteiger partial charge in [0.05, 0.1) is 5.03 Å². The summed E-state index contributed by atoms with van der Waals surface area (Å²) in [7, 11) is 0. The summed E-state index contributed by atoms with van der Waals surface area (Å²) in [5.74, 6) is 1.00. The highest BCUT2D eigenvalue weighted by Gasteiger charge is 1.97. The number of hydrogen-bond donors (Lipinski definition) is 1. The topological polar surface area (TPSA) is 24.9 Å². The number of hydrogen-bond acceptors (Lipinski definition) is 3. The Balaban J connectivity index is 1.76. The number of benzene rings is 1. The molecular formula is C14H15BrN2S. The van der Waals surface area contributed by atoms with Crippen LogP contribution >= 0.6 is 27.7 Å². The number of thioether (sulfide) groups is 1. The lowest BCUT2D eigenvalue weighted by Crippen LogP contribution is -2.05. The first kappa shape index (κ1) is 13.4. The van der Waals surface area contributed by atoms with Crippen LogP contribution in [0.15, 0.2) is 52.1 Å². The van der Waals surface area contributed by atoms with Crippen molar-refractivity contribution in [2.75, 3.05) is 17.6 Å². The summed E-state index contributed by atoms with van der Waals surface area (Å²) in [5, 5.41) is 4.50. The van der Waals surface area contributed by atoms with Gasteiger partial charge >= 0.3 is 0 Å². The zero-order valence-corrected chi connectivity index (χ0v) is 12.6. The predicted octanol–water partition coefficient (Wildman–Crippen LogP) is 4.36. The van der Waals surface area contributed by atoms with Gasteiger partial charge in [-0.15, -0.1) is 11.8 Å². The Hall–Kier alpha value is -1.00. The molecule has 0 amide bonds. The van der Waals surface area contributed by atoms with Crippen molar-refractivity contribution in [1.82, 2.24) is 4.98 Å². The molecular weight excluding hydrogens is 308 g/mol. The molecule has 4 heteroatoms. The van der Waals surface area contributed by atoms with E-state index in [1.165, 1.54) is 11.3 Å². The van der Waals surface area contributed by atoms with Gasteiger partial charge in [-0.3, -0.25) is 0 Å². The lowest BCUT2D eigenvalue weighted by Gasteiger charge is -2.08. The Morgan fingerprint density at radius 2 is 2.06 bits per heavy atom. The van der Waals surface area contributed by atoms with Crippen molar-refractivity contribution in [1.29, 1.82) is 0 Å². The number of aromatic nitrogens is 1. The van der Waals surface area contributed by atoms with Gasteiger partial charge in [0.1, 0.15) is 0 Å². The van der Waals surface area contributed by atoms with Crippen molar-refractivity contribution < 1.29 is 0 Å². The molecule has 2 rings (SSSR count). The third-order valence-corrected chi connectivity index (χ3v) is 3.93. The monoisotopic (exact) mass is 322 g/mol. The number of rotatable bonds is 5. The van der Waals surface area contributed by atoms with Gasteiger partial charge in [-0.25, -0.2) is 4.98 Å². The lowest BCUT2D eigenvalue weighted by molar-refractivity contribution is 1.11. The van der Waals surface area contributed by atoms with E-state index in [9.17, 15) is 0 Å². The molecule has 0 unspecified atom stereocenters. The average Bonchev–Trinajstić information content (AvgIpc) is 2.39. The molecule has 94 valence electrons. The summed E-state index contributed by atoms with van der Waals surface area (Å²) in [6.07, 6.45) is 1.83. The fraction of sp³-hybridized carbons (Fsp3) is 0.214. The lowest BCUT2D eigenvalue weighted by atomic mass is 10.2. The second-order valence-electron chi connectivity index (χ2n) is 3.90. The Labute approximate surface area is 120 Å². The smallest absolute Gasteiger partial charge is 0.0961 e. The zero-order valence-electron chi connectivity index (χ0n) is 10.2. The highest BCUT2D eigenvalue weighted by atomic mass is 79.9. The quantitative estimate of drug-likeness (QED) is 0.654. The molecule has 0 radical (unpaired) electrons. The Morgan fingerprint density at radius 1 is 1.22 bits per heavy atom. The summed E-state index contributed by atoms with van der Waals surface area (Å²) in [6.45, 7) is 3.05. The van der Waals surface area contributed by atoms with Gasteiger partial charge in [0, 0.05) is 28.7 Å². The molecule has 0 spiro atoms. The molecule has 18 heavy (non-hydrogen) atoms. The minimum atomic E-state index is 0.938. The standard InChI is InChI=1S/C14H15BrN2S/c1-11-4-2-3-5-13(11)16-8-9-18-14-7-6-12(15)10-17-14/h2-7,10,16H,8-9H2,1H3. The van der Waals surface area contributed by atoms with Gasteiger partial charge in [-0.2, -0.15) is 0 Å².